The van der Waals surface area contributed by atoms with Crippen molar-refractivity contribution >= 4 is 0 Å². The summed E-state index contributed by atoms with van der Waals surface area (Å²) in [6, 6.07) is 19.1. The van der Waals surface area contributed by atoms with Crippen molar-refractivity contribution < 1.29 is 4.74 Å². The summed E-state index contributed by atoms with van der Waals surface area (Å²) in [5.41, 5.74) is 2.81. The van der Waals surface area contributed by atoms with Crippen LogP contribution in [0.1, 0.15) is 17.5 Å². The molecule has 3 heteroatoms. The van der Waals surface area contributed by atoms with Gasteiger partial charge < -0.3 is 10.1 Å². The fourth-order valence-electron chi connectivity index (χ4n) is 2.92. The Hall–Kier alpha value is -1.84. The minimum atomic E-state index is 0.770. The molecule has 2 aromatic rings. The highest BCUT2D eigenvalue weighted by Gasteiger charge is 2.09. The lowest BCUT2D eigenvalue weighted by Gasteiger charge is -2.27. The predicted molar refractivity (Wildman–Crippen MR) is 94.8 cm³/mol. The van der Waals surface area contributed by atoms with Gasteiger partial charge >= 0.3 is 0 Å². The number of benzene rings is 2. The molecular weight excluding hydrogens is 284 g/mol. The van der Waals surface area contributed by atoms with Crippen LogP contribution >= 0.6 is 0 Å². The van der Waals surface area contributed by atoms with E-state index in [1.807, 2.05) is 30.3 Å². The molecule has 0 spiro atoms. The first kappa shape index (κ1) is 16.0. The van der Waals surface area contributed by atoms with Crippen LogP contribution in [-0.2, 0) is 13.0 Å². The highest BCUT2D eigenvalue weighted by atomic mass is 16.5. The van der Waals surface area contributed by atoms with E-state index in [9.17, 15) is 0 Å². The third-order valence-corrected chi connectivity index (χ3v) is 4.26. The molecule has 0 radical (unpaired) electrons. The van der Waals surface area contributed by atoms with E-state index in [4.69, 9.17) is 4.74 Å². The molecule has 0 unspecified atom stereocenters. The van der Waals surface area contributed by atoms with E-state index in [1.54, 1.807) is 0 Å². The smallest absolute Gasteiger partial charge is 0.119 e. The van der Waals surface area contributed by atoms with Gasteiger partial charge in [0.05, 0.1) is 6.61 Å². The van der Waals surface area contributed by atoms with E-state index in [-0.39, 0.29) is 0 Å². The van der Waals surface area contributed by atoms with Gasteiger partial charge in [0, 0.05) is 32.7 Å². The van der Waals surface area contributed by atoms with Crippen molar-refractivity contribution in [3.05, 3.63) is 65.7 Å². The SMILES string of the molecule is c1ccc(OCCCc2ccc(CN3CCNCC3)cc2)cc1. The molecule has 1 N–H and O–H groups in total. The molecule has 0 amide bonds. The number of rotatable bonds is 7. The molecule has 0 aromatic heterocycles. The van der Waals surface area contributed by atoms with Gasteiger partial charge in [-0.1, -0.05) is 42.5 Å². The maximum atomic E-state index is 5.74. The average Bonchev–Trinajstić information content (AvgIpc) is 2.62. The number of para-hydroxylation sites is 1. The number of ether oxygens (including phenoxy) is 1. The van der Waals surface area contributed by atoms with Crippen LogP contribution < -0.4 is 10.1 Å². The van der Waals surface area contributed by atoms with E-state index >= 15 is 0 Å². The van der Waals surface area contributed by atoms with Crippen molar-refractivity contribution in [2.75, 3.05) is 32.8 Å². The molecule has 1 heterocycles. The number of nitrogens with one attached hydrogen (secondary N) is 1. The summed E-state index contributed by atoms with van der Waals surface area (Å²) in [7, 11) is 0. The van der Waals surface area contributed by atoms with Crippen molar-refractivity contribution in [3.63, 3.8) is 0 Å². The molecule has 2 aromatic carbocycles. The van der Waals surface area contributed by atoms with Gasteiger partial charge in [-0.15, -0.1) is 0 Å². The minimum Gasteiger partial charge on any atom is -0.494 e. The van der Waals surface area contributed by atoms with Crippen LogP contribution in [0.25, 0.3) is 0 Å². The third-order valence-electron chi connectivity index (χ3n) is 4.26. The Balaban J connectivity index is 1.39. The summed E-state index contributed by atoms with van der Waals surface area (Å²) in [6.07, 6.45) is 2.12. The lowest BCUT2D eigenvalue weighted by Crippen LogP contribution is -2.42. The van der Waals surface area contributed by atoms with Gasteiger partial charge in [0.15, 0.2) is 0 Å². The predicted octanol–water partition coefficient (Wildman–Crippen LogP) is 3.10. The van der Waals surface area contributed by atoms with Crippen LogP contribution in [0.3, 0.4) is 0 Å². The van der Waals surface area contributed by atoms with Gasteiger partial charge in [0.2, 0.25) is 0 Å². The Morgan fingerprint density at radius 3 is 2.30 bits per heavy atom. The molecule has 0 saturated carbocycles. The highest BCUT2D eigenvalue weighted by Crippen LogP contribution is 2.12. The second kappa shape index (κ2) is 8.70. The molecule has 1 fully saturated rings. The van der Waals surface area contributed by atoms with E-state index in [1.165, 1.54) is 11.1 Å². The standard InChI is InChI=1S/C20H26N2O/c1-2-6-20(7-3-1)23-16-4-5-18-8-10-19(11-9-18)17-22-14-12-21-13-15-22/h1-3,6-11,21H,4-5,12-17H2. The number of aryl methyl sites for hydroxylation is 1. The van der Waals surface area contributed by atoms with Crippen LogP contribution in [0.5, 0.6) is 5.75 Å². The number of hydrogen-bond acceptors (Lipinski definition) is 3. The van der Waals surface area contributed by atoms with E-state index in [0.717, 1.165) is 57.9 Å². The Labute approximate surface area is 139 Å². The van der Waals surface area contributed by atoms with E-state index in [0.29, 0.717) is 0 Å². The van der Waals surface area contributed by atoms with Gasteiger partial charge in [-0.2, -0.15) is 0 Å². The molecule has 0 bridgehead atoms. The van der Waals surface area contributed by atoms with Gasteiger partial charge in [0.25, 0.3) is 0 Å². The fourth-order valence-corrected chi connectivity index (χ4v) is 2.92. The van der Waals surface area contributed by atoms with Gasteiger partial charge in [-0.3, -0.25) is 4.90 Å². The Kier molecular flexibility index (Phi) is 6.07. The topological polar surface area (TPSA) is 24.5 Å². The average molecular weight is 310 g/mol. The van der Waals surface area contributed by atoms with Gasteiger partial charge in [-0.05, 0) is 36.1 Å². The van der Waals surface area contributed by atoms with Crippen molar-refractivity contribution in [3.8, 4) is 5.75 Å². The molecule has 1 aliphatic rings. The Morgan fingerprint density at radius 1 is 0.870 bits per heavy atom. The molecule has 122 valence electrons. The molecular formula is C20H26N2O. The van der Waals surface area contributed by atoms with Crippen LogP contribution in [0, 0.1) is 0 Å². The van der Waals surface area contributed by atoms with Crippen molar-refractivity contribution in [2.45, 2.75) is 19.4 Å². The van der Waals surface area contributed by atoms with Gasteiger partial charge in [-0.25, -0.2) is 0 Å². The lowest BCUT2D eigenvalue weighted by atomic mass is 10.1. The highest BCUT2D eigenvalue weighted by molar-refractivity contribution is 5.23. The Morgan fingerprint density at radius 2 is 1.57 bits per heavy atom. The van der Waals surface area contributed by atoms with E-state index in [2.05, 4.69) is 34.5 Å². The van der Waals surface area contributed by atoms with Crippen LogP contribution in [-0.4, -0.2) is 37.7 Å². The summed E-state index contributed by atoms with van der Waals surface area (Å²) in [5.74, 6) is 0.957. The van der Waals surface area contributed by atoms with Gasteiger partial charge in [0.1, 0.15) is 5.75 Å². The van der Waals surface area contributed by atoms with Crippen LogP contribution in [0.15, 0.2) is 54.6 Å². The molecule has 0 atom stereocenters. The zero-order valence-electron chi connectivity index (χ0n) is 13.7. The van der Waals surface area contributed by atoms with Crippen LogP contribution in [0.2, 0.25) is 0 Å². The minimum absolute atomic E-state index is 0.770. The molecule has 3 rings (SSSR count). The zero-order valence-corrected chi connectivity index (χ0v) is 13.7. The lowest BCUT2D eigenvalue weighted by molar-refractivity contribution is 0.233. The second-order valence-corrected chi connectivity index (χ2v) is 6.11. The Bertz CT molecular complexity index is 562. The van der Waals surface area contributed by atoms with Crippen molar-refractivity contribution in [2.24, 2.45) is 0 Å². The zero-order chi connectivity index (χ0) is 15.7. The number of hydrogen-bond donors (Lipinski definition) is 1. The third kappa shape index (κ3) is 5.38. The summed E-state index contributed by atoms with van der Waals surface area (Å²) in [6.45, 7) is 6.36. The molecule has 1 aliphatic heterocycles. The summed E-state index contributed by atoms with van der Waals surface area (Å²) in [4.78, 5) is 2.51. The second-order valence-electron chi connectivity index (χ2n) is 6.11. The largest absolute Gasteiger partial charge is 0.494 e. The van der Waals surface area contributed by atoms with Crippen LogP contribution in [0.4, 0.5) is 0 Å². The van der Waals surface area contributed by atoms with E-state index < -0.39 is 0 Å². The number of piperazine rings is 1. The maximum Gasteiger partial charge on any atom is 0.119 e. The summed E-state index contributed by atoms with van der Waals surface area (Å²) in [5, 5.41) is 3.40. The first-order valence-electron chi connectivity index (χ1n) is 8.59. The monoisotopic (exact) mass is 310 g/mol. The number of nitrogens with zero attached hydrogens (tertiary/aromatic N) is 1. The maximum absolute atomic E-state index is 5.74. The molecule has 23 heavy (non-hydrogen) atoms. The first-order chi connectivity index (χ1) is 11.4. The quantitative estimate of drug-likeness (QED) is 0.795. The van der Waals surface area contributed by atoms with Crippen molar-refractivity contribution in [1.82, 2.24) is 10.2 Å². The summed E-state index contributed by atoms with van der Waals surface area (Å²) >= 11 is 0. The van der Waals surface area contributed by atoms with Crippen molar-refractivity contribution in [1.29, 1.82) is 0 Å². The normalized spacial score (nSPS) is 15.5. The fraction of sp³-hybridized carbons (Fsp3) is 0.400. The first-order valence-corrected chi connectivity index (χ1v) is 8.59. The molecule has 0 aliphatic carbocycles. The molecule has 3 nitrogen and oxygen atoms in total. The molecule has 1 saturated heterocycles. The summed E-state index contributed by atoms with van der Waals surface area (Å²) < 4.78 is 5.74.